The maximum absolute atomic E-state index is 13.3. The van der Waals surface area contributed by atoms with Crippen molar-refractivity contribution < 1.29 is 30.8 Å². The van der Waals surface area contributed by atoms with E-state index in [2.05, 4.69) is 15.0 Å². The SMILES string of the molecule is O=C(NS(=O)(=O)CC(F)(F)F)c1cccc(-c2cnc(-c3cncc(F)c3)s2)n1. The van der Waals surface area contributed by atoms with Crippen LogP contribution in [0.1, 0.15) is 10.5 Å². The fraction of sp³-hybridized carbons (Fsp3) is 0.125. The molecule has 0 spiro atoms. The number of carbonyl (C=O) groups excluding carboxylic acids is 1. The molecule has 3 heterocycles. The molecule has 0 bridgehead atoms. The summed E-state index contributed by atoms with van der Waals surface area (Å²) in [4.78, 5) is 24.3. The van der Waals surface area contributed by atoms with Gasteiger partial charge in [0, 0.05) is 18.0 Å². The van der Waals surface area contributed by atoms with Crippen LogP contribution in [0.5, 0.6) is 0 Å². The number of carbonyl (C=O) groups is 1. The first-order valence-electron chi connectivity index (χ1n) is 7.68. The van der Waals surface area contributed by atoms with Gasteiger partial charge in [-0.3, -0.25) is 9.78 Å². The normalized spacial score (nSPS) is 12.0. The van der Waals surface area contributed by atoms with Crippen molar-refractivity contribution in [2.24, 2.45) is 0 Å². The molecule has 3 aromatic rings. The Kier molecular flexibility index (Phi) is 5.61. The van der Waals surface area contributed by atoms with E-state index in [1.807, 2.05) is 0 Å². The summed E-state index contributed by atoms with van der Waals surface area (Å²) >= 11 is 1.11. The molecule has 3 rings (SSSR count). The van der Waals surface area contributed by atoms with Crippen LogP contribution in [0, 0.1) is 5.82 Å². The highest BCUT2D eigenvalue weighted by atomic mass is 32.2. The molecule has 0 fully saturated rings. The van der Waals surface area contributed by atoms with Crippen LogP contribution in [0.25, 0.3) is 21.1 Å². The second-order valence-electron chi connectivity index (χ2n) is 5.64. The number of hydrogen-bond acceptors (Lipinski definition) is 7. The summed E-state index contributed by atoms with van der Waals surface area (Å²) in [7, 11) is -4.92. The van der Waals surface area contributed by atoms with Crippen molar-refractivity contribution in [3.05, 3.63) is 54.4 Å². The molecular formula is C16H10F4N4O3S2. The second-order valence-corrected chi connectivity index (χ2v) is 8.39. The lowest BCUT2D eigenvalue weighted by Gasteiger charge is -2.09. The van der Waals surface area contributed by atoms with Gasteiger partial charge in [0.05, 0.1) is 16.8 Å². The van der Waals surface area contributed by atoms with Crippen LogP contribution in [0.3, 0.4) is 0 Å². The average Bonchev–Trinajstić information content (AvgIpc) is 3.09. The van der Waals surface area contributed by atoms with Crippen molar-refractivity contribution in [1.29, 1.82) is 0 Å². The lowest BCUT2D eigenvalue weighted by atomic mass is 10.2. The Hall–Kier alpha value is -2.93. The zero-order valence-electron chi connectivity index (χ0n) is 14.1. The van der Waals surface area contributed by atoms with Crippen molar-refractivity contribution in [1.82, 2.24) is 19.7 Å². The number of nitrogens with zero attached hydrogens (tertiary/aromatic N) is 3. The van der Waals surface area contributed by atoms with Crippen molar-refractivity contribution in [2.75, 3.05) is 5.75 Å². The van der Waals surface area contributed by atoms with Crippen molar-refractivity contribution >= 4 is 27.3 Å². The van der Waals surface area contributed by atoms with Crippen LogP contribution in [-0.2, 0) is 10.0 Å². The molecule has 0 saturated heterocycles. The summed E-state index contributed by atoms with van der Waals surface area (Å²) in [6, 6.07) is 5.28. The van der Waals surface area contributed by atoms with Crippen LogP contribution in [0.2, 0.25) is 0 Å². The highest BCUT2D eigenvalue weighted by molar-refractivity contribution is 7.90. The fourth-order valence-electron chi connectivity index (χ4n) is 2.20. The van der Waals surface area contributed by atoms with E-state index >= 15 is 0 Å². The molecule has 1 N–H and O–H groups in total. The molecule has 1 amide bonds. The molecule has 3 aromatic heterocycles. The van der Waals surface area contributed by atoms with Gasteiger partial charge in [0.25, 0.3) is 5.91 Å². The number of amides is 1. The molecule has 7 nitrogen and oxygen atoms in total. The summed E-state index contributed by atoms with van der Waals surface area (Å²) < 4.78 is 74.4. The molecule has 0 radical (unpaired) electrons. The van der Waals surface area contributed by atoms with E-state index in [-0.39, 0.29) is 5.69 Å². The summed E-state index contributed by atoms with van der Waals surface area (Å²) in [6.07, 6.45) is -1.13. The number of sulfonamides is 1. The first-order valence-corrected chi connectivity index (χ1v) is 10.1. The molecule has 0 aliphatic rings. The van der Waals surface area contributed by atoms with Crippen LogP contribution >= 0.6 is 11.3 Å². The summed E-state index contributed by atoms with van der Waals surface area (Å²) in [5, 5.41) is 0.427. The number of rotatable bonds is 5. The first kappa shape index (κ1) is 20.8. The van der Waals surface area contributed by atoms with Gasteiger partial charge >= 0.3 is 6.18 Å². The molecular weight excluding hydrogens is 436 g/mol. The Morgan fingerprint density at radius 3 is 2.62 bits per heavy atom. The maximum atomic E-state index is 13.3. The van der Waals surface area contributed by atoms with Crippen LogP contribution in [-0.4, -0.2) is 41.2 Å². The molecule has 0 aromatic carbocycles. The fourth-order valence-corrected chi connectivity index (χ4v) is 3.96. The number of pyridine rings is 2. The minimum absolute atomic E-state index is 0.235. The standard InChI is InChI=1S/C16H10F4N4O3S2/c17-10-4-9(5-21-6-10)15-22-7-13(28-15)11-2-1-3-12(23-11)14(25)24-29(26,27)8-16(18,19)20/h1-7H,8H2,(H,24,25). The quantitative estimate of drug-likeness (QED) is 0.605. The van der Waals surface area contributed by atoms with Crippen LogP contribution in [0.15, 0.2) is 42.9 Å². The summed E-state index contributed by atoms with van der Waals surface area (Å²) in [6.45, 7) is 0. The van der Waals surface area contributed by atoms with Crippen LogP contribution in [0.4, 0.5) is 17.6 Å². The number of alkyl halides is 3. The Labute approximate surface area is 165 Å². The molecule has 0 aliphatic heterocycles. The zero-order valence-corrected chi connectivity index (χ0v) is 15.8. The first-order chi connectivity index (χ1) is 13.5. The highest BCUT2D eigenvalue weighted by Gasteiger charge is 2.36. The number of hydrogen-bond donors (Lipinski definition) is 1. The Morgan fingerprint density at radius 1 is 1.17 bits per heavy atom. The predicted molar refractivity (Wildman–Crippen MR) is 95.8 cm³/mol. The minimum Gasteiger partial charge on any atom is -0.266 e. The largest absolute Gasteiger partial charge is 0.404 e. The lowest BCUT2D eigenvalue weighted by Crippen LogP contribution is -2.37. The number of nitrogens with one attached hydrogen (secondary N) is 1. The molecule has 0 unspecified atom stereocenters. The number of halogens is 4. The van der Waals surface area contributed by atoms with Gasteiger partial charge in [-0.2, -0.15) is 13.2 Å². The van der Waals surface area contributed by atoms with Gasteiger partial charge < -0.3 is 0 Å². The van der Waals surface area contributed by atoms with E-state index in [0.29, 0.717) is 15.4 Å². The summed E-state index contributed by atoms with van der Waals surface area (Å²) in [5.74, 6) is -4.03. The van der Waals surface area contributed by atoms with Gasteiger partial charge in [-0.25, -0.2) is 27.5 Å². The molecule has 0 atom stereocenters. The summed E-state index contributed by atoms with van der Waals surface area (Å²) in [5.41, 5.74) is 0.267. The smallest absolute Gasteiger partial charge is 0.266 e. The van der Waals surface area contributed by atoms with Gasteiger partial charge in [0.1, 0.15) is 16.5 Å². The van der Waals surface area contributed by atoms with E-state index in [0.717, 1.165) is 23.6 Å². The van der Waals surface area contributed by atoms with Crippen molar-refractivity contribution in [2.45, 2.75) is 6.18 Å². The van der Waals surface area contributed by atoms with Crippen LogP contribution < -0.4 is 4.72 Å². The minimum atomic E-state index is -4.99. The van der Waals surface area contributed by atoms with E-state index in [9.17, 15) is 30.8 Å². The third-order valence-corrected chi connectivity index (χ3v) is 5.57. The Balaban J connectivity index is 1.82. The molecule has 152 valence electrons. The van der Waals surface area contributed by atoms with Gasteiger partial charge in [-0.05, 0) is 18.2 Å². The molecule has 13 heteroatoms. The van der Waals surface area contributed by atoms with Gasteiger partial charge in [0.15, 0.2) is 5.75 Å². The Bertz CT molecular complexity index is 1160. The van der Waals surface area contributed by atoms with Crippen molar-refractivity contribution in [3.8, 4) is 21.1 Å². The molecule has 29 heavy (non-hydrogen) atoms. The van der Waals surface area contributed by atoms with E-state index in [4.69, 9.17) is 0 Å². The molecule has 0 aliphatic carbocycles. The molecule has 0 saturated carbocycles. The third-order valence-electron chi connectivity index (χ3n) is 3.29. The number of aromatic nitrogens is 3. The maximum Gasteiger partial charge on any atom is 0.404 e. The second kappa shape index (κ2) is 7.83. The topological polar surface area (TPSA) is 102 Å². The van der Waals surface area contributed by atoms with E-state index in [1.165, 1.54) is 35.3 Å². The third kappa shape index (κ3) is 5.54. The van der Waals surface area contributed by atoms with Gasteiger partial charge in [-0.15, -0.1) is 11.3 Å². The average molecular weight is 446 g/mol. The van der Waals surface area contributed by atoms with Gasteiger partial charge in [-0.1, -0.05) is 6.07 Å². The van der Waals surface area contributed by atoms with Gasteiger partial charge in [0.2, 0.25) is 10.0 Å². The number of thiazole rings is 1. The van der Waals surface area contributed by atoms with E-state index < -0.39 is 39.4 Å². The Morgan fingerprint density at radius 2 is 1.93 bits per heavy atom. The zero-order chi connectivity index (χ0) is 21.2. The predicted octanol–water partition coefficient (Wildman–Crippen LogP) is 3.03. The van der Waals surface area contributed by atoms with E-state index in [1.54, 1.807) is 0 Å². The monoisotopic (exact) mass is 446 g/mol. The highest BCUT2D eigenvalue weighted by Crippen LogP contribution is 2.31. The lowest BCUT2D eigenvalue weighted by molar-refractivity contribution is -0.106. The van der Waals surface area contributed by atoms with Crippen molar-refractivity contribution in [3.63, 3.8) is 0 Å².